The SMILES string of the molecule is CC1(O)CCCN(C(=O)C(C)(C)c2ccc(N)cc2)CC1. The van der Waals surface area contributed by atoms with Crippen molar-refractivity contribution in [1.29, 1.82) is 0 Å². The Morgan fingerprint density at radius 1 is 1.24 bits per heavy atom. The quantitative estimate of drug-likeness (QED) is 0.821. The Morgan fingerprint density at radius 2 is 1.86 bits per heavy atom. The molecule has 0 aromatic heterocycles. The summed E-state index contributed by atoms with van der Waals surface area (Å²) in [5, 5.41) is 10.2. The summed E-state index contributed by atoms with van der Waals surface area (Å²) in [6.07, 6.45) is 2.23. The van der Waals surface area contributed by atoms with Crippen LogP contribution in [0.25, 0.3) is 0 Å². The standard InChI is InChI=1S/C17H26N2O2/c1-16(2,13-5-7-14(18)8-6-13)15(20)19-11-4-9-17(3,21)10-12-19/h5-8,21H,4,9-12,18H2,1-3H3. The summed E-state index contributed by atoms with van der Waals surface area (Å²) in [5.41, 5.74) is 6.16. The third kappa shape index (κ3) is 3.56. The first-order valence-corrected chi connectivity index (χ1v) is 7.60. The molecule has 1 fully saturated rings. The van der Waals surface area contributed by atoms with Gasteiger partial charge in [0.2, 0.25) is 5.91 Å². The van der Waals surface area contributed by atoms with E-state index in [0.29, 0.717) is 25.2 Å². The van der Waals surface area contributed by atoms with E-state index in [2.05, 4.69) is 0 Å². The van der Waals surface area contributed by atoms with E-state index < -0.39 is 11.0 Å². The smallest absolute Gasteiger partial charge is 0.232 e. The number of likely N-dealkylation sites (tertiary alicyclic amines) is 1. The van der Waals surface area contributed by atoms with Gasteiger partial charge in [0.05, 0.1) is 11.0 Å². The molecule has 1 atom stereocenters. The Bertz CT molecular complexity index is 506. The van der Waals surface area contributed by atoms with Gasteiger partial charge in [0.15, 0.2) is 0 Å². The van der Waals surface area contributed by atoms with Gasteiger partial charge in [-0.2, -0.15) is 0 Å². The summed E-state index contributed by atoms with van der Waals surface area (Å²) in [6.45, 7) is 7.08. The summed E-state index contributed by atoms with van der Waals surface area (Å²) in [5.74, 6) is 0.116. The second-order valence-electron chi connectivity index (χ2n) is 6.89. The highest BCUT2D eigenvalue weighted by molar-refractivity contribution is 5.87. The summed E-state index contributed by atoms with van der Waals surface area (Å²) < 4.78 is 0. The molecule has 0 radical (unpaired) electrons. The molecule has 116 valence electrons. The van der Waals surface area contributed by atoms with Crippen LogP contribution in [-0.4, -0.2) is 34.6 Å². The molecule has 4 nitrogen and oxygen atoms in total. The van der Waals surface area contributed by atoms with E-state index in [0.717, 1.165) is 18.4 Å². The van der Waals surface area contributed by atoms with E-state index >= 15 is 0 Å². The van der Waals surface area contributed by atoms with E-state index in [-0.39, 0.29) is 5.91 Å². The molecule has 0 bridgehead atoms. The van der Waals surface area contributed by atoms with Gasteiger partial charge in [-0.25, -0.2) is 0 Å². The Labute approximate surface area is 126 Å². The van der Waals surface area contributed by atoms with Crippen LogP contribution in [0.2, 0.25) is 0 Å². The number of benzene rings is 1. The summed E-state index contributed by atoms with van der Waals surface area (Å²) in [6, 6.07) is 7.50. The molecule has 2 rings (SSSR count). The number of carbonyl (C=O) groups excluding carboxylic acids is 1. The highest BCUT2D eigenvalue weighted by Gasteiger charge is 2.36. The number of amides is 1. The first-order chi connectivity index (χ1) is 9.72. The number of rotatable bonds is 2. The molecule has 0 aliphatic carbocycles. The maximum Gasteiger partial charge on any atom is 0.232 e. The van der Waals surface area contributed by atoms with Crippen molar-refractivity contribution in [2.75, 3.05) is 18.8 Å². The van der Waals surface area contributed by atoms with Crippen LogP contribution in [0.15, 0.2) is 24.3 Å². The Hall–Kier alpha value is -1.55. The van der Waals surface area contributed by atoms with Gasteiger partial charge >= 0.3 is 0 Å². The minimum Gasteiger partial charge on any atom is -0.399 e. The third-order valence-electron chi connectivity index (χ3n) is 4.52. The minimum atomic E-state index is -0.652. The van der Waals surface area contributed by atoms with E-state index in [4.69, 9.17) is 5.73 Å². The second kappa shape index (κ2) is 5.68. The lowest BCUT2D eigenvalue weighted by Gasteiger charge is -2.32. The van der Waals surface area contributed by atoms with Crippen molar-refractivity contribution in [3.05, 3.63) is 29.8 Å². The van der Waals surface area contributed by atoms with Gasteiger partial charge in [0.1, 0.15) is 0 Å². The molecule has 1 amide bonds. The van der Waals surface area contributed by atoms with Crippen molar-refractivity contribution in [3.8, 4) is 0 Å². The van der Waals surface area contributed by atoms with Crippen molar-refractivity contribution in [2.24, 2.45) is 0 Å². The molecule has 3 N–H and O–H groups in total. The molecule has 1 saturated heterocycles. The van der Waals surface area contributed by atoms with Crippen molar-refractivity contribution < 1.29 is 9.90 Å². The fourth-order valence-electron chi connectivity index (χ4n) is 2.89. The fourth-order valence-corrected chi connectivity index (χ4v) is 2.89. The Kier molecular flexibility index (Phi) is 4.28. The predicted molar refractivity (Wildman–Crippen MR) is 84.9 cm³/mol. The average Bonchev–Trinajstić information content (AvgIpc) is 2.59. The third-order valence-corrected chi connectivity index (χ3v) is 4.52. The van der Waals surface area contributed by atoms with Crippen LogP contribution < -0.4 is 5.73 Å². The monoisotopic (exact) mass is 290 g/mol. The lowest BCUT2D eigenvalue weighted by Crippen LogP contribution is -2.44. The van der Waals surface area contributed by atoms with Gasteiger partial charge in [-0.3, -0.25) is 4.79 Å². The fraction of sp³-hybridized carbons (Fsp3) is 0.588. The van der Waals surface area contributed by atoms with Crippen LogP contribution in [0, 0.1) is 0 Å². The average molecular weight is 290 g/mol. The zero-order valence-electron chi connectivity index (χ0n) is 13.2. The highest BCUT2D eigenvalue weighted by Crippen LogP contribution is 2.29. The maximum atomic E-state index is 12.9. The molecular formula is C17H26N2O2. The maximum absolute atomic E-state index is 12.9. The number of hydrogen-bond acceptors (Lipinski definition) is 3. The van der Waals surface area contributed by atoms with Gasteiger partial charge in [-0.1, -0.05) is 12.1 Å². The predicted octanol–water partition coefficient (Wildman–Crippen LogP) is 2.31. The van der Waals surface area contributed by atoms with E-state index in [1.807, 2.05) is 49.9 Å². The molecule has 1 heterocycles. The van der Waals surface area contributed by atoms with Crippen LogP contribution >= 0.6 is 0 Å². The zero-order chi connectivity index (χ0) is 15.7. The van der Waals surface area contributed by atoms with Crippen molar-refractivity contribution >= 4 is 11.6 Å². The molecule has 1 aromatic rings. The summed E-state index contributed by atoms with van der Waals surface area (Å²) in [4.78, 5) is 14.8. The summed E-state index contributed by atoms with van der Waals surface area (Å²) in [7, 11) is 0. The Balaban J connectivity index is 2.16. The molecule has 21 heavy (non-hydrogen) atoms. The number of nitrogen functional groups attached to an aromatic ring is 1. The van der Waals surface area contributed by atoms with Crippen LogP contribution in [0.1, 0.15) is 45.6 Å². The number of carbonyl (C=O) groups is 1. The van der Waals surface area contributed by atoms with Crippen LogP contribution in [-0.2, 0) is 10.2 Å². The molecule has 1 aliphatic heterocycles. The minimum absolute atomic E-state index is 0.116. The second-order valence-corrected chi connectivity index (χ2v) is 6.89. The first kappa shape index (κ1) is 15.8. The van der Waals surface area contributed by atoms with Gasteiger partial charge in [-0.05, 0) is 57.7 Å². The van der Waals surface area contributed by atoms with E-state index in [9.17, 15) is 9.90 Å². The molecule has 4 heteroatoms. The van der Waals surface area contributed by atoms with Gasteiger partial charge in [-0.15, -0.1) is 0 Å². The number of nitrogens with zero attached hydrogens (tertiary/aromatic N) is 1. The van der Waals surface area contributed by atoms with Crippen molar-refractivity contribution in [1.82, 2.24) is 4.90 Å². The van der Waals surface area contributed by atoms with E-state index in [1.54, 1.807) is 0 Å². The topological polar surface area (TPSA) is 66.6 Å². The number of aliphatic hydroxyl groups is 1. The first-order valence-electron chi connectivity index (χ1n) is 7.60. The lowest BCUT2D eigenvalue weighted by atomic mass is 9.83. The van der Waals surface area contributed by atoms with Crippen molar-refractivity contribution in [3.63, 3.8) is 0 Å². The molecule has 1 aromatic carbocycles. The van der Waals surface area contributed by atoms with Crippen LogP contribution in [0.5, 0.6) is 0 Å². The molecule has 0 saturated carbocycles. The molecule has 1 aliphatic rings. The van der Waals surface area contributed by atoms with E-state index in [1.165, 1.54) is 0 Å². The van der Waals surface area contributed by atoms with Crippen molar-refractivity contribution in [2.45, 2.75) is 51.0 Å². The van der Waals surface area contributed by atoms with Gasteiger partial charge in [0, 0.05) is 18.8 Å². The largest absolute Gasteiger partial charge is 0.399 e. The number of hydrogen-bond donors (Lipinski definition) is 2. The molecule has 1 unspecified atom stereocenters. The molecule has 0 spiro atoms. The van der Waals surface area contributed by atoms with Gasteiger partial charge < -0.3 is 15.7 Å². The summed E-state index contributed by atoms with van der Waals surface area (Å²) >= 11 is 0. The number of anilines is 1. The lowest BCUT2D eigenvalue weighted by molar-refractivity contribution is -0.136. The highest BCUT2D eigenvalue weighted by atomic mass is 16.3. The molecular weight excluding hydrogens is 264 g/mol. The number of nitrogens with two attached hydrogens (primary N) is 1. The normalized spacial score (nSPS) is 23.7. The van der Waals surface area contributed by atoms with Gasteiger partial charge in [0.25, 0.3) is 0 Å². The van der Waals surface area contributed by atoms with Crippen LogP contribution in [0.3, 0.4) is 0 Å². The van der Waals surface area contributed by atoms with Crippen LogP contribution in [0.4, 0.5) is 5.69 Å². The zero-order valence-corrected chi connectivity index (χ0v) is 13.2. The Morgan fingerprint density at radius 3 is 2.48 bits per heavy atom.